The van der Waals surface area contributed by atoms with E-state index >= 15 is 0 Å². The lowest BCUT2D eigenvalue weighted by atomic mass is 9.85. The highest BCUT2D eigenvalue weighted by Gasteiger charge is 2.45. The monoisotopic (exact) mass is 460 g/mol. The number of aromatic carboxylic acids is 1. The molecule has 2 aromatic heterocycles. The van der Waals surface area contributed by atoms with Crippen LogP contribution in [0.4, 0.5) is 0 Å². The Balaban J connectivity index is 1.82. The summed E-state index contributed by atoms with van der Waals surface area (Å²) in [5.74, 6) is -1.92. The maximum absolute atomic E-state index is 13.5. The molecule has 178 valence electrons. The first-order chi connectivity index (χ1) is 15.5. The van der Waals surface area contributed by atoms with Gasteiger partial charge in [0, 0.05) is 26.2 Å². The van der Waals surface area contributed by atoms with Crippen LogP contribution in [0, 0.1) is 5.41 Å². The summed E-state index contributed by atoms with van der Waals surface area (Å²) in [7, 11) is 1.48. The minimum atomic E-state index is -1.17. The van der Waals surface area contributed by atoms with Crippen LogP contribution in [0.15, 0.2) is 24.5 Å². The molecule has 0 saturated carbocycles. The molecular formula is C21H28N6O6. The standard InChI is InChI=1S/C21H28N6O6/c1-21(2,3)16(19(30)26-10-13(28)8-15(26)17(29)22-4)27-9-12(24-25-27)11-33-18-14(20(31)32)6-5-7-23-18/h5-7,9,13,15-16,28H,8,10-11H2,1-4H3,(H,22,29)(H,31,32)/t13-,15+,16-/m1/s1. The summed E-state index contributed by atoms with van der Waals surface area (Å²) in [6, 6.07) is 1.30. The summed E-state index contributed by atoms with van der Waals surface area (Å²) < 4.78 is 6.92. The van der Waals surface area contributed by atoms with Crippen molar-refractivity contribution in [2.45, 2.75) is 52.0 Å². The van der Waals surface area contributed by atoms with Gasteiger partial charge in [-0.1, -0.05) is 26.0 Å². The van der Waals surface area contributed by atoms with Gasteiger partial charge in [0.15, 0.2) is 0 Å². The van der Waals surface area contributed by atoms with Crippen LogP contribution in [0.2, 0.25) is 0 Å². The minimum Gasteiger partial charge on any atom is -0.477 e. The van der Waals surface area contributed by atoms with E-state index in [1.54, 1.807) is 6.20 Å². The first-order valence-corrected chi connectivity index (χ1v) is 10.4. The third-order valence-corrected chi connectivity index (χ3v) is 5.35. The van der Waals surface area contributed by atoms with Gasteiger partial charge in [0.05, 0.1) is 12.3 Å². The molecule has 2 aromatic rings. The van der Waals surface area contributed by atoms with Gasteiger partial charge in [-0.05, 0) is 17.5 Å². The maximum Gasteiger partial charge on any atom is 0.341 e. The normalized spacial score (nSPS) is 19.2. The van der Waals surface area contributed by atoms with Crippen LogP contribution in [0.1, 0.15) is 49.3 Å². The highest BCUT2D eigenvalue weighted by atomic mass is 16.5. The minimum absolute atomic E-state index is 0.0474. The van der Waals surface area contributed by atoms with Crippen molar-refractivity contribution in [1.82, 2.24) is 30.2 Å². The summed E-state index contributed by atoms with van der Waals surface area (Å²) in [6.45, 7) is 5.53. The fourth-order valence-corrected chi connectivity index (χ4v) is 3.83. The van der Waals surface area contributed by atoms with Crippen LogP contribution < -0.4 is 10.1 Å². The second-order valence-electron chi connectivity index (χ2n) is 8.92. The van der Waals surface area contributed by atoms with Crippen LogP contribution >= 0.6 is 0 Å². The van der Waals surface area contributed by atoms with E-state index in [2.05, 4.69) is 20.6 Å². The van der Waals surface area contributed by atoms with Crippen LogP contribution in [-0.4, -0.2) is 78.6 Å². The molecule has 2 amide bonds. The molecule has 1 aliphatic rings. The topological polar surface area (TPSA) is 160 Å². The summed E-state index contributed by atoms with van der Waals surface area (Å²) in [6.07, 6.45) is 2.33. The van der Waals surface area contributed by atoms with Gasteiger partial charge in [0.2, 0.25) is 17.7 Å². The zero-order valence-corrected chi connectivity index (χ0v) is 18.9. The molecule has 12 heteroatoms. The Hall–Kier alpha value is -3.54. The molecule has 12 nitrogen and oxygen atoms in total. The highest BCUT2D eigenvalue weighted by Crippen LogP contribution is 2.34. The number of ether oxygens (including phenoxy) is 1. The number of carboxylic acids is 1. The molecule has 1 saturated heterocycles. The predicted octanol–water partition coefficient (Wildman–Crippen LogP) is 0.245. The molecule has 0 unspecified atom stereocenters. The number of likely N-dealkylation sites (tertiary alicyclic amines) is 1. The summed E-state index contributed by atoms with van der Waals surface area (Å²) in [4.78, 5) is 42.4. The smallest absolute Gasteiger partial charge is 0.341 e. The van der Waals surface area contributed by atoms with Gasteiger partial charge in [0.1, 0.15) is 29.9 Å². The Bertz CT molecular complexity index is 1030. The third kappa shape index (κ3) is 5.28. The molecule has 3 rings (SSSR count). The molecule has 3 heterocycles. The molecule has 33 heavy (non-hydrogen) atoms. The van der Waals surface area contributed by atoms with E-state index in [1.807, 2.05) is 20.8 Å². The molecule has 3 atom stereocenters. The van der Waals surface area contributed by atoms with Crippen LogP contribution in [0.5, 0.6) is 5.88 Å². The summed E-state index contributed by atoms with van der Waals surface area (Å²) >= 11 is 0. The Morgan fingerprint density at radius 3 is 2.70 bits per heavy atom. The van der Waals surface area contributed by atoms with Crippen LogP contribution in [-0.2, 0) is 16.2 Å². The number of carbonyl (C=O) groups excluding carboxylic acids is 2. The van der Waals surface area contributed by atoms with Gasteiger partial charge in [-0.2, -0.15) is 0 Å². The molecule has 0 aliphatic carbocycles. The lowest BCUT2D eigenvalue weighted by Gasteiger charge is -2.34. The van der Waals surface area contributed by atoms with Crippen molar-refractivity contribution in [2.24, 2.45) is 5.41 Å². The Morgan fingerprint density at radius 1 is 1.33 bits per heavy atom. The highest BCUT2D eigenvalue weighted by molar-refractivity contribution is 5.90. The first kappa shape index (κ1) is 24.1. The number of rotatable bonds is 7. The SMILES string of the molecule is CNC(=O)[C@@H]1C[C@@H](O)CN1C(=O)[C@@H](n1cc(COc2ncccc2C(=O)O)nn1)C(C)(C)C. The molecule has 1 fully saturated rings. The maximum atomic E-state index is 13.5. The number of nitrogens with one attached hydrogen (secondary N) is 1. The van der Waals surface area contributed by atoms with E-state index in [4.69, 9.17) is 4.74 Å². The molecule has 0 spiro atoms. The number of aliphatic hydroxyl groups excluding tert-OH is 1. The van der Waals surface area contributed by atoms with Crippen molar-refractivity contribution < 1.29 is 29.3 Å². The van der Waals surface area contributed by atoms with Crippen molar-refractivity contribution in [2.75, 3.05) is 13.6 Å². The van der Waals surface area contributed by atoms with Crippen molar-refractivity contribution in [3.63, 3.8) is 0 Å². The van der Waals surface area contributed by atoms with Gasteiger partial charge in [-0.3, -0.25) is 9.59 Å². The average molecular weight is 460 g/mol. The number of pyridine rings is 1. The number of aromatic nitrogens is 4. The number of amides is 2. The van der Waals surface area contributed by atoms with Gasteiger partial charge in [-0.15, -0.1) is 5.10 Å². The van der Waals surface area contributed by atoms with Crippen molar-refractivity contribution in [1.29, 1.82) is 0 Å². The molecule has 0 radical (unpaired) electrons. The van der Waals surface area contributed by atoms with Crippen molar-refractivity contribution in [3.05, 3.63) is 35.8 Å². The van der Waals surface area contributed by atoms with Gasteiger partial charge < -0.3 is 25.2 Å². The average Bonchev–Trinajstić information content (AvgIpc) is 3.37. The van der Waals surface area contributed by atoms with Crippen LogP contribution in [0.3, 0.4) is 0 Å². The van der Waals surface area contributed by atoms with E-state index in [-0.39, 0.29) is 42.8 Å². The van der Waals surface area contributed by atoms with Crippen molar-refractivity contribution >= 4 is 17.8 Å². The Kier molecular flexibility index (Phi) is 6.96. The number of β-amino-alcohol motifs (C(OH)–C–C–N with tert-alkyl or cyclic N) is 1. The van der Waals surface area contributed by atoms with Crippen LogP contribution in [0.25, 0.3) is 0 Å². The predicted molar refractivity (Wildman–Crippen MR) is 114 cm³/mol. The van der Waals surface area contributed by atoms with E-state index in [0.717, 1.165) is 0 Å². The zero-order valence-electron chi connectivity index (χ0n) is 18.9. The fraction of sp³-hybridized carbons (Fsp3) is 0.524. The summed E-state index contributed by atoms with van der Waals surface area (Å²) in [5.41, 5.74) is -0.315. The van der Waals surface area contributed by atoms with Gasteiger partial charge >= 0.3 is 5.97 Å². The number of nitrogens with zero attached hydrogens (tertiary/aromatic N) is 5. The molecular weight excluding hydrogens is 432 g/mol. The fourth-order valence-electron chi connectivity index (χ4n) is 3.83. The zero-order chi connectivity index (χ0) is 24.3. The second kappa shape index (κ2) is 9.53. The lowest BCUT2D eigenvalue weighted by molar-refractivity contribution is -0.144. The molecule has 3 N–H and O–H groups in total. The van der Waals surface area contributed by atoms with E-state index < -0.39 is 29.6 Å². The van der Waals surface area contributed by atoms with Gasteiger partial charge in [0.25, 0.3) is 0 Å². The number of carbonyl (C=O) groups is 3. The quantitative estimate of drug-likeness (QED) is 0.526. The number of hydrogen-bond donors (Lipinski definition) is 3. The van der Waals surface area contributed by atoms with E-state index in [9.17, 15) is 24.6 Å². The second-order valence-corrected chi connectivity index (χ2v) is 8.92. The Labute approximate surface area is 190 Å². The largest absolute Gasteiger partial charge is 0.477 e. The molecule has 0 aromatic carbocycles. The lowest BCUT2D eigenvalue weighted by Crippen LogP contribution is -2.49. The Morgan fingerprint density at radius 2 is 2.06 bits per heavy atom. The molecule has 0 bridgehead atoms. The number of aliphatic hydroxyl groups is 1. The number of hydrogen-bond acceptors (Lipinski definition) is 8. The molecule has 1 aliphatic heterocycles. The third-order valence-electron chi connectivity index (χ3n) is 5.35. The first-order valence-electron chi connectivity index (χ1n) is 10.4. The van der Waals surface area contributed by atoms with Crippen molar-refractivity contribution in [3.8, 4) is 5.88 Å². The summed E-state index contributed by atoms with van der Waals surface area (Å²) in [5, 5.41) is 30.0. The van der Waals surface area contributed by atoms with Gasteiger partial charge in [-0.25, -0.2) is 14.5 Å². The van der Waals surface area contributed by atoms with E-state index in [0.29, 0.717) is 5.69 Å². The number of likely N-dealkylation sites (N-methyl/N-ethyl adjacent to an activating group) is 1. The van der Waals surface area contributed by atoms with E-state index in [1.165, 1.54) is 35.0 Å². The number of carboxylic acid groups (broad SMARTS) is 1.